The fraction of sp³-hybridized carbons (Fsp3) is 0.0682. The summed E-state index contributed by atoms with van der Waals surface area (Å²) in [6, 6.07) is 56.5. The van der Waals surface area contributed by atoms with Crippen molar-refractivity contribution in [3.05, 3.63) is 186 Å². The topological polar surface area (TPSA) is 12.4 Å². The van der Waals surface area contributed by atoms with Crippen molar-refractivity contribution >= 4 is 32.8 Å². The number of fused-ring (bicyclic) bond motifs is 2. The Balaban J connectivity index is 1.37. The largest absolute Gasteiger partial charge is 0.280 e. The molecule has 0 aliphatic heterocycles. The molecule has 0 aliphatic rings. The van der Waals surface area contributed by atoms with E-state index in [1.165, 1.54) is 66.1 Å². The maximum atomic E-state index is 5.08. The standard InChI is InChI=1S/C44H35N/c1-31-15-13-21-36(27-31)43-38-23-9-11-25-40(38)44(41-26-12-10-24-39(41)43)37-22-14-20-35(29-37)32(2)28-42(34-18-7-4-8-19-34)45-30-33-16-5-3-6-17-33/h3-29H,30H2,1-2H3/b32-28+,45-42+. The number of nitrogens with zero attached hydrogens (tertiary/aromatic N) is 1. The first-order valence-electron chi connectivity index (χ1n) is 15.6. The predicted molar refractivity (Wildman–Crippen MR) is 194 cm³/mol. The minimum Gasteiger partial charge on any atom is -0.280 e. The van der Waals surface area contributed by atoms with E-state index in [0.29, 0.717) is 6.54 Å². The van der Waals surface area contributed by atoms with E-state index >= 15 is 0 Å². The lowest BCUT2D eigenvalue weighted by Gasteiger charge is -2.18. The van der Waals surface area contributed by atoms with Crippen LogP contribution >= 0.6 is 0 Å². The molecule has 216 valence electrons. The van der Waals surface area contributed by atoms with E-state index in [9.17, 15) is 0 Å². The molecule has 0 unspecified atom stereocenters. The first kappa shape index (κ1) is 28.3. The Bertz CT molecular complexity index is 2130. The summed E-state index contributed by atoms with van der Waals surface area (Å²) in [5.41, 5.74) is 12.0. The van der Waals surface area contributed by atoms with Crippen molar-refractivity contribution in [2.75, 3.05) is 0 Å². The zero-order chi connectivity index (χ0) is 30.6. The van der Waals surface area contributed by atoms with Gasteiger partial charge in [-0.05, 0) is 92.1 Å². The SMILES string of the molecule is C/C(=C\C(=N/Cc1ccccc1)c1ccccc1)c1cccc(-c2c3ccccc3c(-c3cccc(C)c3)c3ccccc23)c1. The Morgan fingerprint density at radius 3 is 1.58 bits per heavy atom. The molecule has 0 saturated heterocycles. The first-order valence-corrected chi connectivity index (χ1v) is 15.6. The van der Waals surface area contributed by atoms with Gasteiger partial charge in [0.05, 0.1) is 12.3 Å². The van der Waals surface area contributed by atoms with Crippen LogP contribution < -0.4 is 0 Å². The van der Waals surface area contributed by atoms with Crippen LogP contribution in [-0.4, -0.2) is 5.71 Å². The van der Waals surface area contributed by atoms with E-state index in [2.05, 4.69) is 172 Å². The van der Waals surface area contributed by atoms with Crippen LogP contribution in [0.5, 0.6) is 0 Å². The highest BCUT2D eigenvalue weighted by Crippen LogP contribution is 2.44. The van der Waals surface area contributed by atoms with Crippen LogP contribution in [0.1, 0.15) is 29.2 Å². The Morgan fingerprint density at radius 1 is 0.511 bits per heavy atom. The fourth-order valence-corrected chi connectivity index (χ4v) is 6.35. The maximum Gasteiger partial charge on any atom is 0.0653 e. The third-order valence-corrected chi connectivity index (χ3v) is 8.54. The van der Waals surface area contributed by atoms with Gasteiger partial charge in [-0.3, -0.25) is 4.99 Å². The summed E-state index contributed by atoms with van der Waals surface area (Å²) in [7, 11) is 0. The van der Waals surface area contributed by atoms with Gasteiger partial charge in [-0.1, -0.05) is 157 Å². The molecular weight excluding hydrogens is 542 g/mol. The third kappa shape index (κ3) is 5.86. The van der Waals surface area contributed by atoms with Gasteiger partial charge in [0.15, 0.2) is 0 Å². The van der Waals surface area contributed by atoms with E-state index in [1.807, 2.05) is 6.07 Å². The molecule has 1 nitrogen and oxygen atoms in total. The molecule has 45 heavy (non-hydrogen) atoms. The van der Waals surface area contributed by atoms with E-state index in [1.54, 1.807) is 0 Å². The molecule has 0 aliphatic carbocycles. The van der Waals surface area contributed by atoms with Crippen LogP contribution in [0.25, 0.3) is 49.4 Å². The average Bonchev–Trinajstić information content (AvgIpc) is 3.09. The van der Waals surface area contributed by atoms with Gasteiger partial charge in [0.2, 0.25) is 0 Å². The zero-order valence-corrected chi connectivity index (χ0v) is 25.7. The summed E-state index contributed by atoms with van der Waals surface area (Å²) < 4.78 is 0. The van der Waals surface area contributed by atoms with Crippen molar-refractivity contribution in [2.24, 2.45) is 4.99 Å². The van der Waals surface area contributed by atoms with Crippen molar-refractivity contribution in [1.82, 2.24) is 0 Å². The Kier molecular flexibility index (Phi) is 7.91. The molecular formula is C44H35N. The van der Waals surface area contributed by atoms with Crippen LogP contribution in [0, 0.1) is 6.92 Å². The second kappa shape index (κ2) is 12.6. The van der Waals surface area contributed by atoms with Gasteiger partial charge >= 0.3 is 0 Å². The number of rotatable bonds is 7. The molecule has 0 saturated carbocycles. The minimum atomic E-state index is 0.639. The van der Waals surface area contributed by atoms with E-state index in [-0.39, 0.29) is 0 Å². The maximum absolute atomic E-state index is 5.08. The molecule has 1 heteroatoms. The van der Waals surface area contributed by atoms with Crippen molar-refractivity contribution in [1.29, 1.82) is 0 Å². The molecule has 0 bridgehead atoms. The van der Waals surface area contributed by atoms with Crippen LogP contribution in [0.15, 0.2) is 169 Å². The van der Waals surface area contributed by atoms with Crippen molar-refractivity contribution < 1.29 is 0 Å². The van der Waals surface area contributed by atoms with Crippen LogP contribution in [0.3, 0.4) is 0 Å². The van der Waals surface area contributed by atoms with Crippen molar-refractivity contribution in [3.8, 4) is 22.3 Å². The number of allylic oxidation sites excluding steroid dienone is 2. The molecule has 0 aromatic heterocycles. The summed E-state index contributed by atoms with van der Waals surface area (Å²) in [6.07, 6.45) is 2.23. The number of benzene rings is 7. The Hall–Kier alpha value is -5.53. The highest BCUT2D eigenvalue weighted by atomic mass is 14.7. The molecule has 0 amide bonds. The highest BCUT2D eigenvalue weighted by Gasteiger charge is 2.17. The Morgan fingerprint density at radius 2 is 1.00 bits per heavy atom. The van der Waals surface area contributed by atoms with Gasteiger partial charge in [-0.25, -0.2) is 0 Å². The molecule has 0 fully saturated rings. The number of hydrogen-bond donors (Lipinski definition) is 0. The zero-order valence-electron chi connectivity index (χ0n) is 25.7. The molecule has 0 heterocycles. The van der Waals surface area contributed by atoms with E-state index in [0.717, 1.165) is 11.3 Å². The third-order valence-electron chi connectivity index (χ3n) is 8.54. The van der Waals surface area contributed by atoms with Gasteiger partial charge in [0, 0.05) is 0 Å². The molecule has 0 spiro atoms. The van der Waals surface area contributed by atoms with Gasteiger partial charge in [-0.2, -0.15) is 0 Å². The lowest BCUT2D eigenvalue weighted by atomic mass is 9.85. The van der Waals surface area contributed by atoms with Crippen LogP contribution in [-0.2, 0) is 6.54 Å². The van der Waals surface area contributed by atoms with Gasteiger partial charge in [-0.15, -0.1) is 0 Å². The van der Waals surface area contributed by atoms with Crippen molar-refractivity contribution in [2.45, 2.75) is 20.4 Å². The lowest BCUT2D eigenvalue weighted by Crippen LogP contribution is -1.99. The Labute approximate surface area is 265 Å². The second-order valence-corrected chi connectivity index (χ2v) is 11.7. The summed E-state index contributed by atoms with van der Waals surface area (Å²) in [5, 5.41) is 5.07. The number of hydrogen-bond acceptors (Lipinski definition) is 1. The number of aliphatic imine (C=N–C) groups is 1. The van der Waals surface area contributed by atoms with E-state index in [4.69, 9.17) is 4.99 Å². The van der Waals surface area contributed by atoms with Crippen molar-refractivity contribution in [3.63, 3.8) is 0 Å². The smallest absolute Gasteiger partial charge is 0.0653 e. The summed E-state index contributed by atoms with van der Waals surface area (Å²) in [6.45, 7) is 5.00. The van der Waals surface area contributed by atoms with Gasteiger partial charge < -0.3 is 0 Å². The predicted octanol–water partition coefficient (Wildman–Crippen LogP) is 11.7. The van der Waals surface area contributed by atoms with Crippen LogP contribution in [0.2, 0.25) is 0 Å². The average molecular weight is 578 g/mol. The molecule has 7 aromatic rings. The van der Waals surface area contributed by atoms with Gasteiger partial charge in [0.1, 0.15) is 0 Å². The monoisotopic (exact) mass is 577 g/mol. The molecule has 7 rings (SSSR count). The molecule has 0 radical (unpaired) electrons. The molecule has 7 aromatic carbocycles. The summed E-state index contributed by atoms with van der Waals surface area (Å²) in [4.78, 5) is 5.08. The minimum absolute atomic E-state index is 0.639. The summed E-state index contributed by atoms with van der Waals surface area (Å²) in [5.74, 6) is 0. The summed E-state index contributed by atoms with van der Waals surface area (Å²) >= 11 is 0. The normalized spacial score (nSPS) is 12.1. The molecule has 0 atom stereocenters. The molecule has 0 N–H and O–H groups in total. The van der Waals surface area contributed by atoms with Crippen LogP contribution in [0.4, 0.5) is 0 Å². The van der Waals surface area contributed by atoms with Gasteiger partial charge in [0.25, 0.3) is 0 Å². The highest BCUT2D eigenvalue weighted by molar-refractivity contribution is 6.21. The fourth-order valence-electron chi connectivity index (χ4n) is 6.35. The van der Waals surface area contributed by atoms with E-state index < -0.39 is 0 Å². The lowest BCUT2D eigenvalue weighted by molar-refractivity contribution is 1.07. The second-order valence-electron chi connectivity index (χ2n) is 11.7. The first-order chi connectivity index (χ1) is 22.2. The quantitative estimate of drug-likeness (QED) is 0.132. The number of aryl methyl sites for hydroxylation is 1.